The standard InChI is InChI=1S/C13H18N4OS/c1-3-4-5-8-17-9-6-7-10(12(17)18)11-15-16-13(14-2)19-11/h6-7,9H,3-5,8H2,1-2H3,(H,14,16). The molecule has 0 saturated heterocycles. The fourth-order valence-corrected chi connectivity index (χ4v) is 2.55. The van der Waals surface area contributed by atoms with Crippen molar-refractivity contribution in [3.05, 3.63) is 28.7 Å². The lowest BCUT2D eigenvalue weighted by Gasteiger charge is -2.05. The van der Waals surface area contributed by atoms with Crippen molar-refractivity contribution in [1.29, 1.82) is 0 Å². The average Bonchev–Trinajstić information content (AvgIpc) is 2.89. The second-order valence-corrected chi connectivity index (χ2v) is 5.27. The number of anilines is 1. The number of aromatic nitrogens is 3. The predicted octanol–water partition coefficient (Wildman–Crippen LogP) is 2.60. The molecule has 2 rings (SSSR count). The van der Waals surface area contributed by atoms with E-state index in [0.717, 1.165) is 30.9 Å². The summed E-state index contributed by atoms with van der Waals surface area (Å²) in [7, 11) is 1.79. The molecule has 2 aromatic rings. The Hall–Kier alpha value is -1.69. The van der Waals surface area contributed by atoms with Crippen molar-refractivity contribution < 1.29 is 0 Å². The smallest absolute Gasteiger partial charge is 0.260 e. The van der Waals surface area contributed by atoms with Gasteiger partial charge in [-0.25, -0.2) is 0 Å². The number of rotatable bonds is 6. The first-order chi connectivity index (χ1) is 9.26. The number of nitrogens with zero attached hydrogens (tertiary/aromatic N) is 3. The van der Waals surface area contributed by atoms with E-state index in [4.69, 9.17) is 0 Å². The van der Waals surface area contributed by atoms with Crippen LogP contribution >= 0.6 is 11.3 Å². The number of pyridine rings is 1. The summed E-state index contributed by atoms with van der Waals surface area (Å²) in [5, 5.41) is 12.3. The van der Waals surface area contributed by atoms with E-state index in [2.05, 4.69) is 22.4 Å². The first kappa shape index (κ1) is 13.7. The van der Waals surface area contributed by atoms with Crippen molar-refractivity contribution in [3.63, 3.8) is 0 Å². The molecule has 0 aliphatic carbocycles. The first-order valence-corrected chi connectivity index (χ1v) is 7.29. The molecule has 19 heavy (non-hydrogen) atoms. The lowest BCUT2D eigenvalue weighted by Crippen LogP contribution is -2.20. The number of hydrogen-bond acceptors (Lipinski definition) is 5. The highest BCUT2D eigenvalue weighted by molar-refractivity contribution is 7.18. The molecule has 1 N–H and O–H groups in total. The molecule has 0 unspecified atom stereocenters. The van der Waals surface area contributed by atoms with E-state index in [0.29, 0.717) is 10.6 Å². The third kappa shape index (κ3) is 3.20. The van der Waals surface area contributed by atoms with Crippen LogP contribution in [0.1, 0.15) is 26.2 Å². The molecule has 0 saturated carbocycles. The largest absolute Gasteiger partial charge is 0.363 e. The van der Waals surface area contributed by atoms with Crippen molar-refractivity contribution in [2.24, 2.45) is 0 Å². The van der Waals surface area contributed by atoms with Gasteiger partial charge in [0.25, 0.3) is 5.56 Å². The van der Waals surface area contributed by atoms with Crippen LogP contribution in [0.2, 0.25) is 0 Å². The number of nitrogens with one attached hydrogen (secondary N) is 1. The van der Waals surface area contributed by atoms with E-state index in [1.807, 2.05) is 12.3 Å². The highest BCUT2D eigenvalue weighted by Crippen LogP contribution is 2.23. The molecule has 0 aliphatic heterocycles. The summed E-state index contributed by atoms with van der Waals surface area (Å²) in [5.41, 5.74) is 0.635. The fourth-order valence-electron chi connectivity index (χ4n) is 1.84. The maximum absolute atomic E-state index is 12.3. The number of aryl methyl sites for hydroxylation is 1. The van der Waals surface area contributed by atoms with Gasteiger partial charge in [0, 0.05) is 19.8 Å². The fraction of sp³-hybridized carbons (Fsp3) is 0.462. The average molecular weight is 278 g/mol. The van der Waals surface area contributed by atoms with E-state index in [1.165, 1.54) is 11.3 Å². The summed E-state index contributed by atoms with van der Waals surface area (Å²) in [5.74, 6) is 0. The van der Waals surface area contributed by atoms with Gasteiger partial charge in [0.2, 0.25) is 5.13 Å². The molecule has 5 nitrogen and oxygen atoms in total. The second kappa shape index (κ2) is 6.47. The van der Waals surface area contributed by atoms with Gasteiger partial charge in [0.15, 0.2) is 5.01 Å². The van der Waals surface area contributed by atoms with Gasteiger partial charge in [-0.3, -0.25) is 4.79 Å². The Morgan fingerprint density at radius 3 is 2.89 bits per heavy atom. The van der Waals surface area contributed by atoms with Gasteiger partial charge in [0.05, 0.1) is 5.56 Å². The highest BCUT2D eigenvalue weighted by Gasteiger charge is 2.10. The van der Waals surface area contributed by atoms with Gasteiger partial charge in [-0.05, 0) is 18.6 Å². The van der Waals surface area contributed by atoms with E-state index in [1.54, 1.807) is 17.7 Å². The summed E-state index contributed by atoms with van der Waals surface area (Å²) < 4.78 is 1.76. The maximum Gasteiger partial charge on any atom is 0.260 e. The molecule has 0 radical (unpaired) electrons. The lowest BCUT2D eigenvalue weighted by atomic mass is 10.2. The predicted molar refractivity (Wildman–Crippen MR) is 78.7 cm³/mol. The zero-order valence-electron chi connectivity index (χ0n) is 11.2. The SMILES string of the molecule is CCCCCn1cccc(-c2nnc(NC)s2)c1=O. The molecular weight excluding hydrogens is 260 g/mol. The molecule has 2 aromatic heterocycles. The minimum Gasteiger partial charge on any atom is -0.363 e. The van der Waals surface area contributed by atoms with Crippen LogP contribution in [0.4, 0.5) is 5.13 Å². The number of hydrogen-bond donors (Lipinski definition) is 1. The van der Waals surface area contributed by atoms with Crippen molar-refractivity contribution in [2.45, 2.75) is 32.7 Å². The lowest BCUT2D eigenvalue weighted by molar-refractivity contribution is 0.588. The molecular formula is C13H18N4OS. The van der Waals surface area contributed by atoms with Crippen molar-refractivity contribution >= 4 is 16.5 Å². The van der Waals surface area contributed by atoms with Gasteiger partial charge in [0.1, 0.15) is 0 Å². The summed E-state index contributed by atoms with van der Waals surface area (Å²) in [6.07, 6.45) is 5.15. The van der Waals surface area contributed by atoms with Crippen molar-refractivity contribution in [2.75, 3.05) is 12.4 Å². The van der Waals surface area contributed by atoms with Crippen LogP contribution in [-0.2, 0) is 6.54 Å². The summed E-state index contributed by atoms with van der Waals surface area (Å²) in [6, 6.07) is 3.70. The third-order valence-corrected chi connectivity index (χ3v) is 3.87. The molecule has 0 atom stereocenters. The Bertz CT molecular complexity index is 590. The second-order valence-electron chi connectivity index (χ2n) is 4.29. The van der Waals surface area contributed by atoms with Crippen LogP contribution in [-0.4, -0.2) is 21.8 Å². The molecule has 2 heterocycles. The van der Waals surface area contributed by atoms with Gasteiger partial charge in [-0.15, -0.1) is 10.2 Å². The Morgan fingerprint density at radius 1 is 1.37 bits per heavy atom. The Kier molecular flexibility index (Phi) is 4.68. The molecule has 0 aromatic carbocycles. The third-order valence-electron chi connectivity index (χ3n) is 2.89. The molecule has 102 valence electrons. The first-order valence-electron chi connectivity index (χ1n) is 6.47. The molecule has 0 aliphatic rings. The normalized spacial score (nSPS) is 10.6. The van der Waals surface area contributed by atoms with E-state index >= 15 is 0 Å². The van der Waals surface area contributed by atoms with Crippen LogP contribution in [0.15, 0.2) is 23.1 Å². The Balaban J connectivity index is 2.26. The van der Waals surface area contributed by atoms with Crippen LogP contribution in [0.5, 0.6) is 0 Å². The summed E-state index contributed by atoms with van der Waals surface area (Å²) in [4.78, 5) is 12.3. The minimum absolute atomic E-state index is 0.0115. The summed E-state index contributed by atoms with van der Waals surface area (Å²) >= 11 is 1.39. The van der Waals surface area contributed by atoms with Gasteiger partial charge in [-0.1, -0.05) is 31.1 Å². The van der Waals surface area contributed by atoms with E-state index < -0.39 is 0 Å². The van der Waals surface area contributed by atoms with Crippen LogP contribution in [0.25, 0.3) is 10.6 Å². The molecule has 0 bridgehead atoms. The van der Waals surface area contributed by atoms with Gasteiger partial charge in [-0.2, -0.15) is 0 Å². The van der Waals surface area contributed by atoms with Crippen LogP contribution < -0.4 is 10.9 Å². The zero-order valence-corrected chi connectivity index (χ0v) is 12.0. The quantitative estimate of drug-likeness (QED) is 0.825. The van der Waals surface area contributed by atoms with Crippen molar-refractivity contribution in [3.8, 4) is 10.6 Å². The maximum atomic E-state index is 12.3. The van der Waals surface area contributed by atoms with Gasteiger partial charge >= 0.3 is 0 Å². The zero-order chi connectivity index (χ0) is 13.7. The monoisotopic (exact) mass is 278 g/mol. The number of unbranched alkanes of at least 4 members (excludes halogenated alkanes) is 2. The van der Waals surface area contributed by atoms with Gasteiger partial charge < -0.3 is 9.88 Å². The molecule has 0 amide bonds. The molecule has 0 fully saturated rings. The van der Waals surface area contributed by atoms with E-state index in [9.17, 15) is 4.79 Å². The molecule has 6 heteroatoms. The minimum atomic E-state index is 0.0115. The van der Waals surface area contributed by atoms with Crippen LogP contribution in [0, 0.1) is 0 Å². The summed E-state index contributed by atoms with van der Waals surface area (Å²) in [6.45, 7) is 2.91. The topological polar surface area (TPSA) is 59.8 Å². The Labute approximate surface area is 116 Å². The Morgan fingerprint density at radius 2 is 2.21 bits per heavy atom. The van der Waals surface area contributed by atoms with Crippen LogP contribution in [0.3, 0.4) is 0 Å². The van der Waals surface area contributed by atoms with Crippen molar-refractivity contribution in [1.82, 2.24) is 14.8 Å². The highest BCUT2D eigenvalue weighted by atomic mass is 32.1. The molecule has 0 spiro atoms. The van der Waals surface area contributed by atoms with E-state index in [-0.39, 0.29) is 5.56 Å².